The Labute approximate surface area is 116 Å². The smallest absolute Gasteiger partial charge is 0.305 e. The van der Waals surface area contributed by atoms with Gasteiger partial charge in [-0.05, 0) is 24.6 Å². The van der Waals surface area contributed by atoms with Gasteiger partial charge in [-0.25, -0.2) is 8.78 Å². The topological polar surface area (TPSA) is 49.8 Å². The molecule has 110 valence electrons. The summed E-state index contributed by atoms with van der Waals surface area (Å²) >= 11 is 0. The summed E-state index contributed by atoms with van der Waals surface area (Å²) in [5.74, 6) is -2.17. The molecule has 4 nitrogen and oxygen atoms in total. The molecule has 0 aliphatic carbocycles. The Hall–Kier alpha value is -1.53. The zero-order valence-electron chi connectivity index (χ0n) is 11.2. The number of morpholine rings is 1. The molecule has 0 amide bonds. The minimum atomic E-state index is -0.914. The largest absolute Gasteiger partial charge is 0.481 e. The van der Waals surface area contributed by atoms with Crippen molar-refractivity contribution in [1.29, 1.82) is 0 Å². The quantitative estimate of drug-likeness (QED) is 0.921. The van der Waals surface area contributed by atoms with Crippen LogP contribution in [-0.2, 0) is 9.53 Å². The van der Waals surface area contributed by atoms with Crippen LogP contribution in [0.25, 0.3) is 0 Å². The molecule has 0 saturated carbocycles. The standard InChI is InChI=1S/C14H17F2NO3/c1-9(10-4-11(15)6-12(16)5-10)17-2-3-20-8-13(17)7-14(18)19/h4-6,9,13H,2-3,7-8H2,1H3,(H,18,19). The zero-order valence-corrected chi connectivity index (χ0v) is 11.2. The van der Waals surface area contributed by atoms with Crippen LogP contribution in [-0.4, -0.2) is 41.8 Å². The predicted octanol–water partition coefficient (Wildman–Crippen LogP) is 2.20. The van der Waals surface area contributed by atoms with Crippen molar-refractivity contribution in [3.8, 4) is 0 Å². The van der Waals surface area contributed by atoms with Gasteiger partial charge in [0, 0.05) is 24.7 Å². The molecule has 2 atom stereocenters. The Morgan fingerprint density at radius 2 is 2.10 bits per heavy atom. The van der Waals surface area contributed by atoms with E-state index in [-0.39, 0.29) is 18.5 Å². The molecule has 2 unspecified atom stereocenters. The number of carboxylic acid groups (broad SMARTS) is 1. The number of nitrogens with zero attached hydrogens (tertiary/aromatic N) is 1. The van der Waals surface area contributed by atoms with Gasteiger partial charge in [0.1, 0.15) is 11.6 Å². The SMILES string of the molecule is CC(c1cc(F)cc(F)c1)N1CCOCC1CC(=O)O. The van der Waals surface area contributed by atoms with Crippen LogP contribution in [0.15, 0.2) is 18.2 Å². The fraction of sp³-hybridized carbons (Fsp3) is 0.500. The van der Waals surface area contributed by atoms with Crippen LogP contribution in [0.5, 0.6) is 0 Å². The van der Waals surface area contributed by atoms with E-state index in [0.29, 0.717) is 25.3 Å². The van der Waals surface area contributed by atoms with E-state index in [1.165, 1.54) is 12.1 Å². The third-order valence-corrected chi connectivity index (χ3v) is 3.55. The Kier molecular flexibility index (Phi) is 4.67. The molecule has 1 aromatic rings. The molecule has 0 radical (unpaired) electrons. The molecule has 20 heavy (non-hydrogen) atoms. The fourth-order valence-electron chi connectivity index (χ4n) is 2.56. The highest BCUT2D eigenvalue weighted by atomic mass is 19.1. The first-order chi connectivity index (χ1) is 9.47. The summed E-state index contributed by atoms with van der Waals surface area (Å²) in [6, 6.07) is 2.82. The molecule has 1 N–H and O–H groups in total. The van der Waals surface area contributed by atoms with Crippen LogP contribution in [0.1, 0.15) is 24.9 Å². The number of halogens is 2. The summed E-state index contributed by atoms with van der Waals surface area (Å²) < 4.78 is 31.9. The molecule has 0 aromatic heterocycles. The van der Waals surface area contributed by atoms with Gasteiger partial charge in [0.15, 0.2) is 0 Å². The lowest BCUT2D eigenvalue weighted by Crippen LogP contribution is -2.47. The van der Waals surface area contributed by atoms with E-state index in [9.17, 15) is 13.6 Å². The Balaban J connectivity index is 2.20. The normalized spacial score (nSPS) is 21.6. The van der Waals surface area contributed by atoms with E-state index in [2.05, 4.69) is 0 Å². The lowest BCUT2D eigenvalue weighted by atomic mass is 10.0. The highest BCUT2D eigenvalue weighted by Crippen LogP contribution is 2.26. The van der Waals surface area contributed by atoms with Gasteiger partial charge in [-0.1, -0.05) is 0 Å². The average Bonchev–Trinajstić information content (AvgIpc) is 2.36. The number of hydrogen-bond donors (Lipinski definition) is 1. The lowest BCUT2D eigenvalue weighted by Gasteiger charge is -2.39. The summed E-state index contributed by atoms with van der Waals surface area (Å²) in [6.45, 7) is 3.15. The first-order valence-corrected chi connectivity index (χ1v) is 6.48. The van der Waals surface area contributed by atoms with Crippen molar-refractivity contribution in [2.75, 3.05) is 19.8 Å². The Morgan fingerprint density at radius 1 is 1.45 bits per heavy atom. The van der Waals surface area contributed by atoms with E-state index in [1.54, 1.807) is 0 Å². The summed E-state index contributed by atoms with van der Waals surface area (Å²) in [5.41, 5.74) is 0.500. The maximum absolute atomic E-state index is 13.3. The van der Waals surface area contributed by atoms with Crippen LogP contribution in [0.3, 0.4) is 0 Å². The van der Waals surface area contributed by atoms with Crippen LogP contribution in [0.2, 0.25) is 0 Å². The van der Waals surface area contributed by atoms with Crippen molar-refractivity contribution in [2.24, 2.45) is 0 Å². The van der Waals surface area contributed by atoms with Crippen molar-refractivity contribution < 1.29 is 23.4 Å². The van der Waals surface area contributed by atoms with E-state index < -0.39 is 17.6 Å². The molecule has 2 rings (SSSR count). The Morgan fingerprint density at radius 3 is 2.70 bits per heavy atom. The highest BCUT2D eigenvalue weighted by Gasteiger charge is 2.29. The second-order valence-corrected chi connectivity index (χ2v) is 4.94. The maximum Gasteiger partial charge on any atom is 0.305 e. The minimum absolute atomic E-state index is 0.0534. The number of hydrogen-bond acceptors (Lipinski definition) is 3. The number of carboxylic acids is 1. The fourth-order valence-corrected chi connectivity index (χ4v) is 2.56. The molecule has 1 aromatic carbocycles. The van der Waals surface area contributed by atoms with E-state index >= 15 is 0 Å². The number of ether oxygens (including phenoxy) is 1. The lowest BCUT2D eigenvalue weighted by molar-refractivity contribution is -0.140. The molecule has 0 bridgehead atoms. The van der Waals surface area contributed by atoms with E-state index in [0.717, 1.165) is 6.07 Å². The summed E-state index contributed by atoms with van der Waals surface area (Å²) in [5, 5.41) is 8.92. The van der Waals surface area contributed by atoms with Crippen molar-refractivity contribution >= 4 is 5.97 Å². The second-order valence-electron chi connectivity index (χ2n) is 4.94. The van der Waals surface area contributed by atoms with E-state index in [4.69, 9.17) is 9.84 Å². The number of rotatable bonds is 4. The third kappa shape index (κ3) is 3.52. The monoisotopic (exact) mass is 285 g/mol. The molecule has 6 heteroatoms. The van der Waals surface area contributed by atoms with Crippen LogP contribution < -0.4 is 0 Å². The van der Waals surface area contributed by atoms with Gasteiger partial charge in [0.2, 0.25) is 0 Å². The Bertz CT molecular complexity index is 475. The van der Waals surface area contributed by atoms with E-state index in [1.807, 2.05) is 11.8 Å². The number of aliphatic carboxylic acids is 1. The van der Waals surface area contributed by atoms with Crippen LogP contribution in [0.4, 0.5) is 8.78 Å². The summed E-state index contributed by atoms with van der Waals surface area (Å²) in [7, 11) is 0. The summed E-state index contributed by atoms with van der Waals surface area (Å²) in [6.07, 6.45) is -0.0534. The molecule has 1 saturated heterocycles. The number of benzene rings is 1. The van der Waals surface area contributed by atoms with Gasteiger partial charge in [-0.15, -0.1) is 0 Å². The molecule has 1 fully saturated rings. The zero-order chi connectivity index (χ0) is 14.7. The molecule has 1 aliphatic rings. The molecule has 0 spiro atoms. The molecule has 1 aliphatic heterocycles. The highest BCUT2D eigenvalue weighted by molar-refractivity contribution is 5.67. The average molecular weight is 285 g/mol. The van der Waals surface area contributed by atoms with Gasteiger partial charge in [0.25, 0.3) is 0 Å². The second kappa shape index (κ2) is 6.28. The van der Waals surface area contributed by atoms with Gasteiger partial charge in [0.05, 0.1) is 19.6 Å². The van der Waals surface area contributed by atoms with Crippen molar-refractivity contribution in [3.05, 3.63) is 35.4 Å². The predicted molar refractivity (Wildman–Crippen MR) is 68.3 cm³/mol. The van der Waals surface area contributed by atoms with Gasteiger partial charge < -0.3 is 9.84 Å². The number of carbonyl (C=O) groups is 1. The first kappa shape index (κ1) is 14.9. The van der Waals surface area contributed by atoms with Gasteiger partial charge in [-0.3, -0.25) is 9.69 Å². The van der Waals surface area contributed by atoms with Gasteiger partial charge >= 0.3 is 5.97 Å². The van der Waals surface area contributed by atoms with Gasteiger partial charge in [-0.2, -0.15) is 0 Å². The maximum atomic E-state index is 13.3. The van der Waals surface area contributed by atoms with Crippen LogP contribution >= 0.6 is 0 Å². The third-order valence-electron chi connectivity index (χ3n) is 3.55. The molecular formula is C14H17F2NO3. The minimum Gasteiger partial charge on any atom is -0.481 e. The van der Waals surface area contributed by atoms with Crippen molar-refractivity contribution in [1.82, 2.24) is 4.90 Å². The van der Waals surface area contributed by atoms with Crippen molar-refractivity contribution in [3.63, 3.8) is 0 Å². The van der Waals surface area contributed by atoms with Crippen molar-refractivity contribution in [2.45, 2.75) is 25.4 Å². The summed E-state index contributed by atoms with van der Waals surface area (Å²) in [4.78, 5) is 12.8. The molecule has 1 heterocycles. The van der Waals surface area contributed by atoms with Crippen LogP contribution in [0, 0.1) is 11.6 Å². The molecular weight excluding hydrogens is 268 g/mol. The first-order valence-electron chi connectivity index (χ1n) is 6.48.